The molecule has 116 valence electrons. The van der Waals surface area contributed by atoms with Crippen molar-refractivity contribution in [2.24, 2.45) is 0 Å². The summed E-state index contributed by atoms with van der Waals surface area (Å²) in [6, 6.07) is 14.6. The number of amides is 1. The van der Waals surface area contributed by atoms with Crippen molar-refractivity contribution in [3.05, 3.63) is 64.7 Å². The zero-order valence-electron chi connectivity index (χ0n) is 12.3. The average Bonchev–Trinajstić information content (AvgIpc) is 2.56. The smallest absolute Gasteiger partial charge is 0.252 e. The van der Waals surface area contributed by atoms with Gasteiger partial charge in [0, 0.05) is 17.3 Å². The number of nitrogens with one attached hydrogen (secondary N) is 1. The van der Waals surface area contributed by atoms with Gasteiger partial charge in [-0.15, -0.1) is 0 Å². The van der Waals surface area contributed by atoms with Crippen LogP contribution in [0.15, 0.2) is 53.4 Å². The molecule has 0 bridgehead atoms. The monoisotopic (exact) mass is 335 g/mol. The molecule has 0 unspecified atom stereocenters. The van der Waals surface area contributed by atoms with Crippen molar-refractivity contribution < 1.29 is 9.00 Å². The van der Waals surface area contributed by atoms with Crippen LogP contribution in [0.4, 0.5) is 0 Å². The van der Waals surface area contributed by atoms with Gasteiger partial charge in [0.15, 0.2) is 0 Å². The number of carbonyl (C=O) groups is 1. The van der Waals surface area contributed by atoms with Crippen LogP contribution in [0.25, 0.3) is 0 Å². The Labute approximate surface area is 138 Å². The van der Waals surface area contributed by atoms with Crippen LogP contribution in [0, 0.1) is 0 Å². The fourth-order valence-electron chi connectivity index (χ4n) is 2.07. The Kier molecular flexibility index (Phi) is 6.16. The Morgan fingerprint density at radius 3 is 2.50 bits per heavy atom. The molecule has 0 aliphatic rings. The zero-order chi connectivity index (χ0) is 15.9. The van der Waals surface area contributed by atoms with Gasteiger partial charge in [-0.25, -0.2) is 0 Å². The third-order valence-corrected chi connectivity index (χ3v) is 4.87. The lowest BCUT2D eigenvalue weighted by molar-refractivity contribution is 0.0951. The van der Waals surface area contributed by atoms with Crippen LogP contribution in [-0.2, 0) is 17.2 Å². The van der Waals surface area contributed by atoms with E-state index in [9.17, 15) is 9.00 Å². The maximum absolute atomic E-state index is 12.3. The standard InChI is InChI=1S/C17H18ClNO2S/c1-2-22(21)16-6-4-3-5-15(16)17(20)19-12-11-13-7-9-14(18)10-8-13/h3-10H,2,11-12H2,1H3,(H,19,20)/t22-/m1/s1. The van der Waals surface area contributed by atoms with Crippen LogP contribution >= 0.6 is 11.6 Å². The molecule has 2 aromatic carbocycles. The van der Waals surface area contributed by atoms with E-state index >= 15 is 0 Å². The largest absolute Gasteiger partial charge is 0.352 e. The summed E-state index contributed by atoms with van der Waals surface area (Å²) in [6.45, 7) is 2.36. The minimum absolute atomic E-state index is 0.189. The Morgan fingerprint density at radius 1 is 1.14 bits per heavy atom. The molecule has 1 N–H and O–H groups in total. The first-order chi connectivity index (χ1) is 10.6. The zero-order valence-corrected chi connectivity index (χ0v) is 13.9. The summed E-state index contributed by atoms with van der Waals surface area (Å²) in [5.41, 5.74) is 1.59. The predicted octanol–water partition coefficient (Wildman–Crippen LogP) is 3.44. The Bertz CT molecular complexity index is 671. The van der Waals surface area contributed by atoms with E-state index in [1.807, 2.05) is 31.2 Å². The summed E-state index contributed by atoms with van der Waals surface area (Å²) in [6.07, 6.45) is 0.724. The first-order valence-corrected chi connectivity index (χ1v) is 8.81. The van der Waals surface area contributed by atoms with E-state index in [-0.39, 0.29) is 5.91 Å². The maximum Gasteiger partial charge on any atom is 0.252 e. The fourth-order valence-corrected chi connectivity index (χ4v) is 3.15. The number of benzene rings is 2. The molecule has 0 fully saturated rings. The quantitative estimate of drug-likeness (QED) is 0.879. The van der Waals surface area contributed by atoms with Crippen molar-refractivity contribution in [3.63, 3.8) is 0 Å². The lowest BCUT2D eigenvalue weighted by Gasteiger charge is -2.09. The molecular formula is C17H18ClNO2S. The topological polar surface area (TPSA) is 46.2 Å². The molecule has 2 rings (SSSR count). The van der Waals surface area contributed by atoms with Gasteiger partial charge in [0.05, 0.1) is 21.3 Å². The van der Waals surface area contributed by atoms with Gasteiger partial charge in [-0.3, -0.25) is 9.00 Å². The summed E-state index contributed by atoms with van der Waals surface area (Å²) in [4.78, 5) is 12.9. The van der Waals surface area contributed by atoms with E-state index in [4.69, 9.17) is 11.6 Å². The predicted molar refractivity (Wildman–Crippen MR) is 90.9 cm³/mol. The van der Waals surface area contributed by atoms with Gasteiger partial charge < -0.3 is 5.32 Å². The van der Waals surface area contributed by atoms with Crippen molar-refractivity contribution >= 4 is 28.3 Å². The minimum Gasteiger partial charge on any atom is -0.352 e. The Hall–Kier alpha value is -1.65. The summed E-state index contributed by atoms with van der Waals surface area (Å²) in [5.74, 6) is 0.307. The van der Waals surface area contributed by atoms with Gasteiger partial charge in [0.1, 0.15) is 0 Å². The minimum atomic E-state index is -1.14. The van der Waals surface area contributed by atoms with Crippen LogP contribution in [0.1, 0.15) is 22.8 Å². The Balaban J connectivity index is 1.98. The highest BCUT2D eigenvalue weighted by Crippen LogP contribution is 2.14. The van der Waals surface area contributed by atoms with Crippen LogP contribution in [0.5, 0.6) is 0 Å². The van der Waals surface area contributed by atoms with E-state index < -0.39 is 10.8 Å². The van der Waals surface area contributed by atoms with Crippen LogP contribution in [0.3, 0.4) is 0 Å². The second-order valence-corrected chi connectivity index (χ2v) is 6.91. The molecule has 0 aliphatic carbocycles. The summed E-state index contributed by atoms with van der Waals surface area (Å²) < 4.78 is 12.0. The lowest BCUT2D eigenvalue weighted by Crippen LogP contribution is -2.26. The maximum atomic E-state index is 12.3. The van der Waals surface area contributed by atoms with Gasteiger partial charge in [-0.1, -0.05) is 42.8 Å². The van der Waals surface area contributed by atoms with Crippen molar-refractivity contribution in [2.45, 2.75) is 18.2 Å². The lowest BCUT2D eigenvalue weighted by atomic mass is 10.1. The molecule has 3 nitrogen and oxygen atoms in total. The normalized spacial score (nSPS) is 11.9. The molecule has 0 spiro atoms. The van der Waals surface area contributed by atoms with Crippen LogP contribution in [-0.4, -0.2) is 22.4 Å². The summed E-state index contributed by atoms with van der Waals surface area (Å²) >= 11 is 5.84. The van der Waals surface area contributed by atoms with Crippen molar-refractivity contribution in [2.75, 3.05) is 12.3 Å². The molecule has 0 aromatic heterocycles. The number of rotatable bonds is 6. The SMILES string of the molecule is CC[S@@](=O)c1ccccc1C(=O)NCCc1ccc(Cl)cc1. The van der Waals surface area contributed by atoms with E-state index in [1.165, 1.54) is 0 Å². The second-order valence-electron chi connectivity index (χ2n) is 4.76. The van der Waals surface area contributed by atoms with Crippen molar-refractivity contribution in [1.82, 2.24) is 5.32 Å². The second kappa shape index (κ2) is 8.11. The first kappa shape index (κ1) is 16.7. The summed E-state index contributed by atoms with van der Waals surface area (Å²) in [7, 11) is -1.14. The third kappa shape index (κ3) is 4.42. The van der Waals surface area contributed by atoms with E-state index in [0.29, 0.717) is 27.8 Å². The molecule has 0 heterocycles. The molecule has 5 heteroatoms. The number of carbonyl (C=O) groups excluding carboxylic acids is 1. The molecule has 1 amide bonds. The van der Waals surface area contributed by atoms with Gasteiger partial charge >= 0.3 is 0 Å². The first-order valence-electron chi connectivity index (χ1n) is 7.12. The van der Waals surface area contributed by atoms with Gasteiger partial charge in [0.25, 0.3) is 5.91 Å². The highest BCUT2D eigenvalue weighted by atomic mass is 35.5. The van der Waals surface area contributed by atoms with Crippen molar-refractivity contribution in [3.8, 4) is 0 Å². The van der Waals surface area contributed by atoms with E-state index in [2.05, 4.69) is 5.32 Å². The van der Waals surface area contributed by atoms with Gasteiger partial charge in [0.2, 0.25) is 0 Å². The van der Waals surface area contributed by atoms with Gasteiger partial charge in [-0.05, 0) is 36.2 Å². The molecule has 1 atom stereocenters. The summed E-state index contributed by atoms with van der Waals surface area (Å²) in [5, 5.41) is 3.57. The molecule has 0 saturated heterocycles. The molecule has 0 saturated carbocycles. The van der Waals surface area contributed by atoms with Crippen LogP contribution < -0.4 is 5.32 Å². The van der Waals surface area contributed by atoms with E-state index in [1.54, 1.807) is 24.3 Å². The van der Waals surface area contributed by atoms with Crippen molar-refractivity contribution in [1.29, 1.82) is 0 Å². The number of hydrogen-bond donors (Lipinski definition) is 1. The average molecular weight is 336 g/mol. The number of hydrogen-bond acceptors (Lipinski definition) is 2. The highest BCUT2D eigenvalue weighted by molar-refractivity contribution is 7.85. The fraction of sp³-hybridized carbons (Fsp3) is 0.235. The molecule has 0 radical (unpaired) electrons. The van der Waals surface area contributed by atoms with E-state index in [0.717, 1.165) is 12.0 Å². The Morgan fingerprint density at radius 2 is 1.82 bits per heavy atom. The van der Waals surface area contributed by atoms with Gasteiger partial charge in [-0.2, -0.15) is 0 Å². The highest BCUT2D eigenvalue weighted by Gasteiger charge is 2.13. The number of halogens is 1. The third-order valence-electron chi connectivity index (χ3n) is 3.25. The molecule has 22 heavy (non-hydrogen) atoms. The van der Waals surface area contributed by atoms with Crippen LogP contribution in [0.2, 0.25) is 5.02 Å². The molecule has 2 aromatic rings. The molecular weight excluding hydrogens is 318 g/mol. The molecule has 0 aliphatic heterocycles.